The molecule has 0 unspecified atom stereocenters. The van der Waals surface area contributed by atoms with Crippen molar-refractivity contribution in [3.8, 4) is 0 Å². The number of nitrogens with one attached hydrogen (secondary N) is 1. The van der Waals surface area contributed by atoms with Crippen LogP contribution in [0.1, 0.15) is 21.5 Å². The molecule has 22 heavy (non-hydrogen) atoms. The summed E-state index contributed by atoms with van der Waals surface area (Å²) in [6, 6.07) is 13.3. The zero-order valence-corrected chi connectivity index (χ0v) is 14.2. The van der Waals surface area contributed by atoms with Crippen molar-refractivity contribution in [1.29, 1.82) is 0 Å². The van der Waals surface area contributed by atoms with Crippen molar-refractivity contribution in [3.63, 3.8) is 0 Å². The van der Waals surface area contributed by atoms with Crippen LogP contribution < -0.4 is 5.32 Å². The summed E-state index contributed by atoms with van der Waals surface area (Å²) in [6.45, 7) is 1.85. The fourth-order valence-electron chi connectivity index (χ4n) is 2.11. The Morgan fingerprint density at radius 3 is 2.73 bits per heavy atom. The molecule has 0 bridgehead atoms. The van der Waals surface area contributed by atoms with E-state index in [1.54, 1.807) is 19.1 Å². The third-order valence-electron chi connectivity index (χ3n) is 3.35. The molecular weight excluding hydrogens is 338 g/mol. The number of aliphatic hydroxyl groups is 1. The molecule has 1 amide bonds. The van der Waals surface area contributed by atoms with E-state index in [0.29, 0.717) is 9.21 Å². The normalized spacial score (nSPS) is 14.0. The fourth-order valence-corrected chi connectivity index (χ4v) is 4.18. The minimum Gasteiger partial charge on any atom is -0.383 e. The molecule has 0 saturated carbocycles. The number of carbonyl (C=O) groups is 1. The van der Waals surface area contributed by atoms with E-state index in [2.05, 4.69) is 5.32 Å². The average molecular weight is 352 g/mol. The van der Waals surface area contributed by atoms with Gasteiger partial charge in [0.1, 0.15) is 5.60 Å². The SMILES string of the molecule is C[C@@](O)(CNC(=O)c1ccc(Cl)s1)c1cc2ccccc2s1. The van der Waals surface area contributed by atoms with Crippen LogP contribution in [-0.4, -0.2) is 17.6 Å². The molecule has 0 fully saturated rings. The highest BCUT2D eigenvalue weighted by Gasteiger charge is 2.26. The number of carbonyl (C=O) groups excluding carboxylic acids is 1. The van der Waals surface area contributed by atoms with Gasteiger partial charge in [0.05, 0.1) is 15.8 Å². The van der Waals surface area contributed by atoms with Crippen molar-refractivity contribution in [2.75, 3.05) is 6.54 Å². The molecule has 0 spiro atoms. The summed E-state index contributed by atoms with van der Waals surface area (Å²) in [4.78, 5) is 13.4. The van der Waals surface area contributed by atoms with Crippen molar-refractivity contribution >= 4 is 50.3 Å². The first-order valence-corrected chi connectivity index (χ1v) is 8.72. The Morgan fingerprint density at radius 1 is 1.27 bits per heavy atom. The topological polar surface area (TPSA) is 49.3 Å². The van der Waals surface area contributed by atoms with Gasteiger partial charge < -0.3 is 10.4 Å². The molecule has 1 aromatic carbocycles. The Bertz CT molecular complexity index is 789. The summed E-state index contributed by atoms with van der Waals surface area (Å²) in [5.74, 6) is -0.224. The van der Waals surface area contributed by atoms with E-state index in [-0.39, 0.29) is 12.5 Å². The molecule has 0 saturated heterocycles. The van der Waals surface area contributed by atoms with Gasteiger partial charge in [0.25, 0.3) is 5.91 Å². The van der Waals surface area contributed by atoms with Crippen LogP contribution in [0, 0.1) is 0 Å². The van der Waals surface area contributed by atoms with Gasteiger partial charge in [0.15, 0.2) is 0 Å². The van der Waals surface area contributed by atoms with E-state index in [1.165, 1.54) is 22.7 Å². The summed E-state index contributed by atoms with van der Waals surface area (Å²) in [6.07, 6.45) is 0. The van der Waals surface area contributed by atoms with Crippen LogP contribution in [0.2, 0.25) is 4.34 Å². The van der Waals surface area contributed by atoms with Crippen LogP contribution in [-0.2, 0) is 5.60 Å². The second kappa shape index (κ2) is 6.01. The highest BCUT2D eigenvalue weighted by atomic mass is 35.5. The Morgan fingerprint density at radius 2 is 2.05 bits per heavy atom. The summed E-state index contributed by atoms with van der Waals surface area (Å²) < 4.78 is 1.69. The van der Waals surface area contributed by atoms with Gasteiger partial charge in [-0.1, -0.05) is 29.8 Å². The van der Waals surface area contributed by atoms with Gasteiger partial charge in [-0.3, -0.25) is 4.79 Å². The number of benzene rings is 1. The third kappa shape index (κ3) is 3.17. The van der Waals surface area contributed by atoms with Crippen LogP contribution in [0.25, 0.3) is 10.1 Å². The van der Waals surface area contributed by atoms with Gasteiger partial charge in [-0.25, -0.2) is 0 Å². The van der Waals surface area contributed by atoms with Gasteiger partial charge >= 0.3 is 0 Å². The predicted molar refractivity (Wildman–Crippen MR) is 93.1 cm³/mol. The van der Waals surface area contributed by atoms with Gasteiger partial charge in [-0.05, 0) is 36.6 Å². The summed E-state index contributed by atoms with van der Waals surface area (Å²) in [7, 11) is 0. The van der Waals surface area contributed by atoms with Crippen molar-refractivity contribution in [2.24, 2.45) is 0 Å². The molecule has 114 valence electrons. The Kier molecular flexibility index (Phi) is 4.23. The molecular formula is C16H14ClNO2S2. The minimum absolute atomic E-state index is 0.147. The first-order valence-electron chi connectivity index (χ1n) is 6.71. The minimum atomic E-state index is -1.11. The van der Waals surface area contributed by atoms with Gasteiger partial charge in [0, 0.05) is 9.58 Å². The van der Waals surface area contributed by atoms with Crippen LogP contribution in [0.15, 0.2) is 42.5 Å². The highest BCUT2D eigenvalue weighted by molar-refractivity contribution is 7.19. The lowest BCUT2D eigenvalue weighted by Crippen LogP contribution is -2.37. The maximum absolute atomic E-state index is 12.0. The van der Waals surface area contributed by atoms with Crippen LogP contribution >= 0.6 is 34.3 Å². The molecule has 6 heteroatoms. The first-order chi connectivity index (χ1) is 10.5. The number of halogens is 1. The molecule has 3 nitrogen and oxygen atoms in total. The van der Waals surface area contributed by atoms with Gasteiger partial charge in [-0.2, -0.15) is 0 Å². The van der Waals surface area contributed by atoms with E-state index < -0.39 is 5.60 Å². The lowest BCUT2D eigenvalue weighted by atomic mass is 10.0. The molecule has 2 heterocycles. The Hall–Kier alpha value is -1.40. The van der Waals surface area contributed by atoms with Crippen molar-refractivity contribution in [1.82, 2.24) is 5.32 Å². The quantitative estimate of drug-likeness (QED) is 0.738. The second-order valence-corrected chi connectivity index (χ2v) is 8.01. The third-order valence-corrected chi connectivity index (χ3v) is 5.95. The maximum atomic E-state index is 12.0. The first kappa shape index (κ1) is 15.5. The largest absolute Gasteiger partial charge is 0.383 e. The van der Waals surface area contributed by atoms with Crippen molar-refractivity contribution in [2.45, 2.75) is 12.5 Å². The summed E-state index contributed by atoms with van der Waals surface area (Å²) >= 11 is 8.58. The van der Waals surface area contributed by atoms with E-state index in [1.807, 2.05) is 30.3 Å². The zero-order chi connectivity index (χ0) is 15.7. The van der Waals surface area contributed by atoms with Crippen LogP contribution in [0.4, 0.5) is 0 Å². The van der Waals surface area contributed by atoms with Crippen molar-refractivity contribution in [3.05, 3.63) is 56.6 Å². The molecule has 2 aromatic heterocycles. The predicted octanol–water partition coefficient (Wildman–Crippen LogP) is 4.25. The molecule has 0 aliphatic rings. The van der Waals surface area contributed by atoms with Crippen LogP contribution in [0.5, 0.6) is 0 Å². The molecule has 0 aliphatic heterocycles. The number of amides is 1. The molecule has 3 aromatic rings. The Balaban J connectivity index is 1.74. The summed E-state index contributed by atoms with van der Waals surface area (Å²) in [5.41, 5.74) is -1.11. The zero-order valence-electron chi connectivity index (χ0n) is 11.8. The van der Waals surface area contributed by atoms with Crippen LogP contribution in [0.3, 0.4) is 0 Å². The molecule has 0 radical (unpaired) electrons. The number of rotatable bonds is 4. The lowest BCUT2D eigenvalue weighted by molar-refractivity contribution is 0.0558. The summed E-state index contributed by atoms with van der Waals surface area (Å²) in [5, 5.41) is 14.5. The number of hydrogen-bond donors (Lipinski definition) is 2. The van der Waals surface area contributed by atoms with Crippen molar-refractivity contribution < 1.29 is 9.90 Å². The second-order valence-electron chi connectivity index (χ2n) is 5.21. The molecule has 2 N–H and O–H groups in total. The highest BCUT2D eigenvalue weighted by Crippen LogP contribution is 2.33. The molecule has 1 atom stereocenters. The monoisotopic (exact) mass is 351 g/mol. The van der Waals surface area contributed by atoms with E-state index >= 15 is 0 Å². The smallest absolute Gasteiger partial charge is 0.261 e. The molecule has 0 aliphatic carbocycles. The average Bonchev–Trinajstić information content (AvgIpc) is 3.11. The standard InChI is InChI=1S/C16H14ClNO2S2/c1-16(20,9-18-15(19)12-6-7-14(17)22-12)13-8-10-4-2-3-5-11(10)21-13/h2-8,20H,9H2,1H3,(H,18,19)/t16-/m1/s1. The lowest BCUT2D eigenvalue weighted by Gasteiger charge is -2.22. The van der Waals surface area contributed by atoms with Gasteiger partial charge in [-0.15, -0.1) is 22.7 Å². The van der Waals surface area contributed by atoms with E-state index in [4.69, 9.17) is 11.6 Å². The Labute approximate surface area is 141 Å². The number of thiophene rings is 2. The fraction of sp³-hybridized carbons (Fsp3) is 0.188. The number of fused-ring (bicyclic) bond motifs is 1. The molecule has 3 rings (SSSR count). The number of hydrogen-bond acceptors (Lipinski definition) is 4. The maximum Gasteiger partial charge on any atom is 0.261 e. The van der Waals surface area contributed by atoms with E-state index in [9.17, 15) is 9.90 Å². The van der Waals surface area contributed by atoms with Gasteiger partial charge in [0.2, 0.25) is 0 Å². The van der Waals surface area contributed by atoms with E-state index in [0.717, 1.165) is 15.0 Å².